The minimum absolute atomic E-state index is 0.0695. The molecule has 2 fully saturated rings. The van der Waals surface area contributed by atoms with Crippen molar-refractivity contribution in [1.82, 2.24) is 24.9 Å². The van der Waals surface area contributed by atoms with Crippen LogP contribution in [0.25, 0.3) is 0 Å². The number of aromatic amines is 1. The lowest BCUT2D eigenvalue weighted by Gasteiger charge is -2.42. The Labute approximate surface area is 138 Å². The first-order valence-corrected chi connectivity index (χ1v) is 8.78. The van der Waals surface area contributed by atoms with Gasteiger partial charge in [-0.05, 0) is 45.7 Å². The third-order valence-electron chi connectivity index (χ3n) is 5.55. The van der Waals surface area contributed by atoms with Crippen LogP contribution in [0.15, 0.2) is 6.07 Å². The molecule has 0 spiro atoms. The van der Waals surface area contributed by atoms with E-state index in [1.54, 1.807) is 0 Å². The first-order chi connectivity index (χ1) is 11.0. The Bertz CT molecular complexity index is 527. The number of aryl methyl sites for hydroxylation is 1. The molecular formula is C17H29N5O. The highest BCUT2D eigenvalue weighted by Crippen LogP contribution is 2.25. The van der Waals surface area contributed by atoms with E-state index in [0.717, 1.165) is 31.6 Å². The number of nitrogens with zero attached hydrogens (tertiary/aromatic N) is 4. The number of H-pyrrole nitrogens is 1. The smallest absolute Gasteiger partial charge is 0.274 e. The van der Waals surface area contributed by atoms with E-state index in [4.69, 9.17) is 0 Å². The molecule has 1 N–H and O–H groups in total. The van der Waals surface area contributed by atoms with Crippen LogP contribution in [0.5, 0.6) is 0 Å². The van der Waals surface area contributed by atoms with Gasteiger partial charge in [-0.3, -0.25) is 14.8 Å². The maximum absolute atomic E-state index is 12.5. The Morgan fingerprint density at radius 1 is 1.22 bits per heavy atom. The summed E-state index contributed by atoms with van der Waals surface area (Å²) in [5.74, 6) is 0.767. The number of nitrogens with one attached hydrogen (secondary N) is 1. The number of piperidine rings is 1. The largest absolute Gasteiger partial charge is 0.337 e. The van der Waals surface area contributed by atoms with E-state index in [2.05, 4.69) is 34.0 Å². The second-order valence-corrected chi connectivity index (χ2v) is 7.15. The number of piperazine rings is 1. The highest BCUT2D eigenvalue weighted by atomic mass is 16.2. The van der Waals surface area contributed by atoms with E-state index in [0.29, 0.717) is 17.7 Å². The fourth-order valence-electron chi connectivity index (χ4n) is 3.80. The van der Waals surface area contributed by atoms with Crippen LogP contribution in [-0.2, 0) is 0 Å². The van der Waals surface area contributed by atoms with E-state index >= 15 is 0 Å². The first-order valence-electron chi connectivity index (χ1n) is 8.78. The third-order valence-corrected chi connectivity index (χ3v) is 5.55. The number of likely N-dealkylation sites (N-methyl/N-ethyl adjacent to an activating group) is 1. The number of aromatic nitrogens is 2. The number of rotatable bonds is 3. The van der Waals surface area contributed by atoms with Crippen molar-refractivity contribution in [3.05, 3.63) is 17.5 Å². The van der Waals surface area contributed by atoms with Crippen LogP contribution in [0, 0.1) is 12.8 Å². The topological polar surface area (TPSA) is 55.5 Å². The molecule has 2 aliphatic rings. The van der Waals surface area contributed by atoms with Gasteiger partial charge < -0.3 is 9.80 Å². The van der Waals surface area contributed by atoms with Crippen LogP contribution in [0.4, 0.5) is 0 Å². The van der Waals surface area contributed by atoms with Crippen molar-refractivity contribution >= 4 is 5.91 Å². The van der Waals surface area contributed by atoms with Crippen LogP contribution in [0.1, 0.15) is 35.9 Å². The summed E-state index contributed by atoms with van der Waals surface area (Å²) in [4.78, 5) is 19.4. The van der Waals surface area contributed by atoms with Gasteiger partial charge in [0.15, 0.2) is 0 Å². The SMILES string of the molecule is Cc1cc(C(=O)N2CCC([C@@H](C)N3CCN(C)CC3)CC2)n[nH]1. The average molecular weight is 319 g/mol. The van der Waals surface area contributed by atoms with Crippen LogP contribution >= 0.6 is 0 Å². The van der Waals surface area contributed by atoms with Gasteiger partial charge in [-0.25, -0.2) is 0 Å². The second-order valence-electron chi connectivity index (χ2n) is 7.15. The predicted molar refractivity (Wildman–Crippen MR) is 90.5 cm³/mol. The fraction of sp³-hybridized carbons (Fsp3) is 0.765. The molecule has 2 aliphatic heterocycles. The number of hydrogen-bond donors (Lipinski definition) is 1. The quantitative estimate of drug-likeness (QED) is 0.910. The molecule has 3 rings (SSSR count). The molecule has 0 bridgehead atoms. The lowest BCUT2D eigenvalue weighted by Crippen LogP contribution is -2.52. The minimum atomic E-state index is 0.0695. The first kappa shape index (κ1) is 16.5. The maximum Gasteiger partial charge on any atom is 0.274 e. The summed E-state index contributed by atoms with van der Waals surface area (Å²) in [6.45, 7) is 10.7. The lowest BCUT2D eigenvalue weighted by atomic mass is 9.89. The van der Waals surface area contributed by atoms with Gasteiger partial charge in [0.1, 0.15) is 5.69 Å². The van der Waals surface area contributed by atoms with Crippen molar-refractivity contribution in [2.24, 2.45) is 5.92 Å². The normalized spacial score (nSPS) is 23.2. The van der Waals surface area contributed by atoms with Crippen molar-refractivity contribution in [3.8, 4) is 0 Å². The molecule has 0 saturated carbocycles. The number of carbonyl (C=O) groups is 1. The van der Waals surface area contributed by atoms with Gasteiger partial charge in [-0.2, -0.15) is 5.10 Å². The Hall–Kier alpha value is -1.40. The van der Waals surface area contributed by atoms with Crippen molar-refractivity contribution in [2.75, 3.05) is 46.3 Å². The number of carbonyl (C=O) groups excluding carboxylic acids is 1. The van der Waals surface area contributed by atoms with E-state index in [1.165, 1.54) is 26.2 Å². The molecule has 6 heteroatoms. The predicted octanol–water partition coefficient (Wildman–Crippen LogP) is 1.21. The zero-order chi connectivity index (χ0) is 16.4. The van der Waals surface area contributed by atoms with Gasteiger partial charge in [-0.15, -0.1) is 0 Å². The highest BCUT2D eigenvalue weighted by Gasteiger charge is 2.31. The second kappa shape index (κ2) is 7.01. The molecule has 23 heavy (non-hydrogen) atoms. The fourth-order valence-corrected chi connectivity index (χ4v) is 3.80. The molecule has 1 amide bonds. The molecule has 1 aromatic rings. The van der Waals surface area contributed by atoms with Crippen LogP contribution < -0.4 is 0 Å². The molecular weight excluding hydrogens is 290 g/mol. The van der Waals surface area contributed by atoms with Crippen LogP contribution in [0.3, 0.4) is 0 Å². The van der Waals surface area contributed by atoms with Crippen LogP contribution in [0.2, 0.25) is 0 Å². The zero-order valence-corrected chi connectivity index (χ0v) is 14.6. The summed E-state index contributed by atoms with van der Waals surface area (Å²) in [7, 11) is 2.20. The third kappa shape index (κ3) is 3.75. The lowest BCUT2D eigenvalue weighted by molar-refractivity contribution is 0.0496. The molecule has 3 heterocycles. The minimum Gasteiger partial charge on any atom is -0.337 e. The summed E-state index contributed by atoms with van der Waals surface area (Å²) in [6, 6.07) is 2.45. The van der Waals surface area contributed by atoms with Gasteiger partial charge in [0, 0.05) is 51.0 Å². The molecule has 6 nitrogen and oxygen atoms in total. The summed E-state index contributed by atoms with van der Waals surface area (Å²) in [5.41, 5.74) is 1.49. The van der Waals surface area contributed by atoms with Gasteiger partial charge in [0.05, 0.1) is 0 Å². The molecule has 0 aromatic carbocycles. The summed E-state index contributed by atoms with van der Waals surface area (Å²) >= 11 is 0. The van der Waals surface area contributed by atoms with Gasteiger partial charge in [-0.1, -0.05) is 0 Å². The van der Waals surface area contributed by atoms with E-state index < -0.39 is 0 Å². The molecule has 0 radical (unpaired) electrons. The maximum atomic E-state index is 12.5. The van der Waals surface area contributed by atoms with Crippen molar-refractivity contribution in [2.45, 2.75) is 32.7 Å². The number of hydrogen-bond acceptors (Lipinski definition) is 4. The summed E-state index contributed by atoms with van der Waals surface area (Å²) < 4.78 is 0. The number of amides is 1. The van der Waals surface area contributed by atoms with E-state index in [-0.39, 0.29) is 5.91 Å². The van der Waals surface area contributed by atoms with Gasteiger partial charge in [0.2, 0.25) is 0 Å². The zero-order valence-electron chi connectivity index (χ0n) is 14.6. The Balaban J connectivity index is 1.51. The van der Waals surface area contributed by atoms with Crippen molar-refractivity contribution in [3.63, 3.8) is 0 Å². The van der Waals surface area contributed by atoms with Crippen molar-refractivity contribution < 1.29 is 4.79 Å². The molecule has 2 saturated heterocycles. The van der Waals surface area contributed by atoms with Gasteiger partial charge >= 0.3 is 0 Å². The Morgan fingerprint density at radius 3 is 2.43 bits per heavy atom. The standard InChI is InChI=1S/C17H29N5O/c1-13-12-16(19-18-13)17(23)22-6-4-15(5-7-22)14(2)21-10-8-20(3)9-11-21/h12,14-15H,4-11H2,1-3H3,(H,18,19)/t14-/m1/s1. The molecule has 0 unspecified atom stereocenters. The molecule has 0 aliphatic carbocycles. The molecule has 1 atom stereocenters. The molecule has 1 aromatic heterocycles. The Kier molecular flexibility index (Phi) is 5.02. The van der Waals surface area contributed by atoms with E-state index in [1.807, 2.05) is 17.9 Å². The monoisotopic (exact) mass is 319 g/mol. The van der Waals surface area contributed by atoms with Crippen LogP contribution in [-0.4, -0.2) is 83.2 Å². The van der Waals surface area contributed by atoms with Crippen molar-refractivity contribution in [1.29, 1.82) is 0 Å². The molecule has 128 valence electrons. The highest BCUT2D eigenvalue weighted by molar-refractivity contribution is 5.92. The Morgan fingerprint density at radius 2 is 1.87 bits per heavy atom. The average Bonchev–Trinajstić information content (AvgIpc) is 3.01. The van der Waals surface area contributed by atoms with E-state index in [9.17, 15) is 4.79 Å². The van der Waals surface area contributed by atoms with Gasteiger partial charge in [0.25, 0.3) is 5.91 Å². The summed E-state index contributed by atoms with van der Waals surface area (Å²) in [5, 5.41) is 6.95. The summed E-state index contributed by atoms with van der Waals surface area (Å²) in [6.07, 6.45) is 2.20. The number of likely N-dealkylation sites (tertiary alicyclic amines) is 1.